The molecule has 0 unspecified atom stereocenters. The Morgan fingerprint density at radius 2 is 2.00 bits per heavy atom. The molecule has 0 fully saturated rings. The number of esters is 1. The van der Waals surface area contributed by atoms with Crippen molar-refractivity contribution in [3.05, 3.63) is 51.8 Å². The molecule has 0 aliphatic heterocycles. The van der Waals surface area contributed by atoms with E-state index in [1.165, 1.54) is 18.4 Å². The molecule has 20 heavy (non-hydrogen) atoms. The van der Waals surface area contributed by atoms with Gasteiger partial charge in [-0.1, -0.05) is 0 Å². The van der Waals surface area contributed by atoms with Crippen molar-refractivity contribution in [2.45, 2.75) is 6.92 Å². The van der Waals surface area contributed by atoms with Crippen molar-refractivity contribution >= 4 is 37.6 Å². The summed E-state index contributed by atoms with van der Waals surface area (Å²) in [6.07, 6.45) is 0. The number of carbonyl (C=O) groups excluding carboxylic acids is 1. The molecule has 3 aromatic rings. The van der Waals surface area contributed by atoms with Crippen LogP contribution in [0, 0.1) is 6.92 Å². The average molecular weight is 285 g/mol. The SMILES string of the molecule is COC(=O)c1ccc2sc3nc(C)ccc3c(=O)c2c1. The smallest absolute Gasteiger partial charge is 0.337 e. The summed E-state index contributed by atoms with van der Waals surface area (Å²) in [4.78, 5) is 29.1. The van der Waals surface area contributed by atoms with Crippen molar-refractivity contribution in [2.75, 3.05) is 7.11 Å². The van der Waals surface area contributed by atoms with E-state index in [1.807, 2.05) is 13.0 Å². The first kappa shape index (κ1) is 12.7. The largest absolute Gasteiger partial charge is 0.465 e. The fraction of sp³-hybridized carbons (Fsp3) is 0.133. The second-order valence-corrected chi connectivity index (χ2v) is 5.47. The van der Waals surface area contributed by atoms with Gasteiger partial charge in [-0.05, 0) is 37.3 Å². The summed E-state index contributed by atoms with van der Waals surface area (Å²) < 4.78 is 5.49. The van der Waals surface area contributed by atoms with E-state index in [0.29, 0.717) is 21.2 Å². The number of aryl methyl sites for hydroxylation is 1. The highest BCUT2D eigenvalue weighted by Gasteiger charge is 2.11. The predicted molar refractivity (Wildman–Crippen MR) is 79.5 cm³/mol. The Balaban J connectivity index is 2.38. The zero-order valence-corrected chi connectivity index (χ0v) is 11.8. The zero-order chi connectivity index (χ0) is 14.3. The Bertz CT molecular complexity index is 899. The van der Waals surface area contributed by atoms with E-state index in [9.17, 15) is 9.59 Å². The van der Waals surface area contributed by atoms with Crippen LogP contribution >= 0.6 is 11.3 Å². The number of pyridine rings is 1. The van der Waals surface area contributed by atoms with E-state index in [1.54, 1.807) is 24.3 Å². The molecule has 0 amide bonds. The normalized spacial score (nSPS) is 10.9. The molecular weight excluding hydrogens is 274 g/mol. The lowest BCUT2D eigenvalue weighted by atomic mass is 10.1. The number of nitrogens with zero attached hydrogens (tertiary/aromatic N) is 1. The summed E-state index contributed by atoms with van der Waals surface area (Å²) in [6.45, 7) is 1.89. The van der Waals surface area contributed by atoms with Crippen LogP contribution in [0.2, 0.25) is 0 Å². The van der Waals surface area contributed by atoms with Gasteiger partial charge in [-0.15, -0.1) is 11.3 Å². The van der Waals surface area contributed by atoms with Crippen molar-refractivity contribution in [3.63, 3.8) is 0 Å². The Morgan fingerprint density at radius 1 is 1.20 bits per heavy atom. The summed E-state index contributed by atoms with van der Waals surface area (Å²) in [5.74, 6) is -0.446. The van der Waals surface area contributed by atoms with Crippen molar-refractivity contribution in [1.29, 1.82) is 0 Å². The summed E-state index contributed by atoms with van der Waals surface area (Å²) in [5, 5.41) is 1.10. The van der Waals surface area contributed by atoms with Gasteiger partial charge in [-0.25, -0.2) is 9.78 Å². The number of fused-ring (bicyclic) bond motifs is 2. The van der Waals surface area contributed by atoms with E-state index in [0.717, 1.165) is 10.4 Å². The van der Waals surface area contributed by atoms with E-state index >= 15 is 0 Å². The Kier molecular flexibility index (Phi) is 2.99. The molecule has 2 heterocycles. The fourth-order valence-corrected chi connectivity index (χ4v) is 3.14. The number of aromatic nitrogens is 1. The van der Waals surface area contributed by atoms with Gasteiger partial charge in [0, 0.05) is 15.8 Å². The Morgan fingerprint density at radius 3 is 2.75 bits per heavy atom. The van der Waals surface area contributed by atoms with Crippen LogP contribution in [-0.2, 0) is 4.74 Å². The van der Waals surface area contributed by atoms with Crippen LogP contribution in [0.5, 0.6) is 0 Å². The topological polar surface area (TPSA) is 56.3 Å². The Hall–Kier alpha value is -2.27. The molecule has 0 saturated heterocycles. The minimum atomic E-state index is -0.446. The van der Waals surface area contributed by atoms with Crippen LogP contribution < -0.4 is 5.43 Å². The van der Waals surface area contributed by atoms with Gasteiger partial charge in [0.1, 0.15) is 4.83 Å². The first-order chi connectivity index (χ1) is 9.60. The van der Waals surface area contributed by atoms with E-state index in [4.69, 9.17) is 0 Å². The van der Waals surface area contributed by atoms with E-state index in [-0.39, 0.29) is 5.43 Å². The van der Waals surface area contributed by atoms with E-state index in [2.05, 4.69) is 9.72 Å². The van der Waals surface area contributed by atoms with Gasteiger partial charge in [-0.3, -0.25) is 4.79 Å². The molecule has 0 aliphatic carbocycles. The van der Waals surface area contributed by atoms with Crippen LogP contribution in [0.1, 0.15) is 16.1 Å². The van der Waals surface area contributed by atoms with Gasteiger partial charge >= 0.3 is 5.97 Å². The van der Waals surface area contributed by atoms with Crippen molar-refractivity contribution < 1.29 is 9.53 Å². The molecular formula is C15H11NO3S. The molecule has 5 heteroatoms. The van der Waals surface area contributed by atoms with Crippen LogP contribution in [-0.4, -0.2) is 18.1 Å². The third-order valence-corrected chi connectivity index (χ3v) is 4.18. The molecule has 0 saturated carbocycles. The number of hydrogen-bond donors (Lipinski definition) is 0. The minimum Gasteiger partial charge on any atom is -0.465 e. The summed E-state index contributed by atoms with van der Waals surface area (Å²) in [5.41, 5.74) is 1.15. The third-order valence-electron chi connectivity index (χ3n) is 3.10. The van der Waals surface area contributed by atoms with E-state index < -0.39 is 5.97 Å². The maximum atomic E-state index is 12.5. The molecule has 0 atom stereocenters. The fourth-order valence-electron chi connectivity index (χ4n) is 2.07. The molecule has 0 bridgehead atoms. The number of carbonyl (C=O) groups is 1. The minimum absolute atomic E-state index is 0.105. The lowest BCUT2D eigenvalue weighted by molar-refractivity contribution is 0.0601. The summed E-state index contributed by atoms with van der Waals surface area (Å²) in [6, 6.07) is 8.59. The first-order valence-corrected chi connectivity index (χ1v) is 6.84. The number of rotatable bonds is 1. The van der Waals surface area contributed by atoms with Gasteiger partial charge in [0.2, 0.25) is 0 Å². The quantitative estimate of drug-likeness (QED) is 0.509. The predicted octanol–water partition coefficient (Wildman–Crippen LogP) is 2.90. The highest BCUT2D eigenvalue weighted by molar-refractivity contribution is 7.24. The van der Waals surface area contributed by atoms with Gasteiger partial charge in [-0.2, -0.15) is 0 Å². The highest BCUT2D eigenvalue weighted by atomic mass is 32.1. The van der Waals surface area contributed by atoms with Crippen molar-refractivity contribution in [1.82, 2.24) is 4.98 Å². The third kappa shape index (κ3) is 1.96. The first-order valence-electron chi connectivity index (χ1n) is 6.02. The molecule has 3 rings (SSSR count). The molecule has 0 spiro atoms. The highest BCUT2D eigenvalue weighted by Crippen LogP contribution is 2.24. The van der Waals surface area contributed by atoms with Crippen LogP contribution in [0.25, 0.3) is 20.3 Å². The average Bonchev–Trinajstić information content (AvgIpc) is 2.46. The number of benzene rings is 1. The number of methoxy groups -OCH3 is 1. The molecule has 0 N–H and O–H groups in total. The second kappa shape index (κ2) is 4.68. The molecule has 4 nitrogen and oxygen atoms in total. The standard InChI is InChI=1S/C15H11NO3S/c1-8-3-5-10-13(17)11-7-9(15(18)19-2)4-6-12(11)20-14(10)16-8/h3-7H,1-2H3. The van der Waals surface area contributed by atoms with Gasteiger partial charge in [0.25, 0.3) is 0 Å². The van der Waals surface area contributed by atoms with Crippen LogP contribution in [0.15, 0.2) is 35.1 Å². The molecule has 100 valence electrons. The van der Waals surface area contributed by atoms with Crippen molar-refractivity contribution in [2.24, 2.45) is 0 Å². The second-order valence-electron chi connectivity index (χ2n) is 4.44. The summed E-state index contributed by atoms with van der Waals surface area (Å²) >= 11 is 1.44. The molecule has 0 radical (unpaired) electrons. The van der Waals surface area contributed by atoms with Crippen LogP contribution in [0.4, 0.5) is 0 Å². The maximum Gasteiger partial charge on any atom is 0.337 e. The number of hydrogen-bond acceptors (Lipinski definition) is 5. The summed E-state index contributed by atoms with van der Waals surface area (Å²) in [7, 11) is 1.32. The zero-order valence-electron chi connectivity index (χ0n) is 11.0. The molecule has 0 aliphatic rings. The van der Waals surface area contributed by atoms with Gasteiger partial charge < -0.3 is 4.74 Å². The van der Waals surface area contributed by atoms with Crippen LogP contribution in [0.3, 0.4) is 0 Å². The number of ether oxygens (including phenoxy) is 1. The van der Waals surface area contributed by atoms with Gasteiger partial charge in [0.15, 0.2) is 5.43 Å². The van der Waals surface area contributed by atoms with Gasteiger partial charge in [0.05, 0.1) is 18.1 Å². The lowest BCUT2D eigenvalue weighted by Gasteiger charge is -2.03. The van der Waals surface area contributed by atoms with Crippen molar-refractivity contribution in [3.8, 4) is 0 Å². The lowest BCUT2D eigenvalue weighted by Crippen LogP contribution is -2.05. The monoisotopic (exact) mass is 285 g/mol. The maximum absolute atomic E-state index is 12.5. The molecule has 2 aromatic heterocycles. The Labute approximate surface area is 118 Å². The molecule has 1 aromatic carbocycles.